The van der Waals surface area contributed by atoms with Crippen molar-refractivity contribution in [2.45, 2.75) is 4.90 Å². The molecule has 0 spiro atoms. The number of anilines is 1. The van der Waals surface area contributed by atoms with E-state index in [-0.39, 0.29) is 15.2 Å². The smallest absolute Gasteiger partial charge is 0.264 e. The lowest BCUT2D eigenvalue weighted by atomic mass is 10.3. The van der Waals surface area contributed by atoms with E-state index in [2.05, 4.69) is 32.3 Å². The zero-order chi connectivity index (χ0) is 14.0. The molecule has 8 heteroatoms. The molecule has 0 aliphatic heterocycles. The monoisotopic (exact) mass is 428 g/mol. The Labute approximate surface area is 134 Å². The van der Waals surface area contributed by atoms with E-state index in [1.807, 2.05) is 0 Å². The van der Waals surface area contributed by atoms with Crippen LogP contribution in [-0.2, 0) is 10.0 Å². The summed E-state index contributed by atoms with van der Waals surface area (Å²) in [4.78, 5) is 3.59. The summed E-state index contributed by atoms with van der Waals surface area (Å²) in [6.07, 6.45) is 0. The Morgan fingerprint density at radius 2 is 1.68 bits per heavy atom. The molecule has 0 atom stereocenters. The number of sulfonamides is 1. The molecular weight excluding hydrogens is 422 g/mol. The number of pyridine rings is 1. The first kappa shape index (κ1) is 14.8. The fourth-order valence-electron chi connectivity index (χ4n) is 1.33. The van der Waals surface area contributed by atoms with Gasteiger partial charge in [0.2, 0.25) is 0 Å². The van der Waals surface area contributed by atoms with E-state index in [1.54, 1.807) is 24.3 Å². The van der Waals surface area contributed by atoms with Gasteiger partial charge in [-0.25, -0.2) is 13.4 Å². The number of hydrogen-bond donors (Lipinski definition) is 1. The van der Waals surface area contributed by atoms with Gasteiger partial charge in [-0.05, 0) is 59.0 Å². The van der Waals surface area contributed by atoms with Gasteiger partial charge in [-0.2, -0.15) is 0 Å². The highest BCUT2D eigenvalue weighted by molar-refractivity contribution is 14.1. The molecule has 0 aliphatic rings. The van der Waals surface area contributed by atoms with Crippen molar-refractivity contribution >= 4 is 61.5 Å². The minimum atomic E-state index is -3.78. The van der Waals surface area contributed by atoms with Crippen LogP contribution in [0.1, 0.15) is 0 Å². The van der Waals surface area contributed by atoms with Crippen molar-refractivity contribution in [3.05, 3.63) is 50.3 Å². The Bertz CT molecular complexity index is 705. The molecule has 19 heavy (non-hydrogen) atoms. The molecular formula is C11H7Cl2IN2O2S. The third-order valence-electron chi connectivity index (χ3n) is 2.17. The normalized spacial score (nSPS) is 11.3. The van der Waals surface area contributed by atoms with Gasteiger partial charge in [0, 0.05) is 9.26 Å². The van der Waals surface area contributed by atoms with E-state index in [1.165, 1.54) is 12.1 Å². The first-order valence-electron chi connectivity index (χ1n) is 4.99. The number of nitrogens with zero attached hydrogens (tertiary/aromatic N) is 1. The average Bonchev–Trinajstić information content (AvgIpc) is 2.31. The van der Waals surface area contributed by atoms with Crippen molar-refractivity contribution in [3.8, 4) is 0 Å². The zero-order valence-corrected chi connectivity index (χ0v) is 13.8. The molecule has 0 radical (unpaired) electrons. The van der Waals surface area contributed by atoms with Gasteiger partial charge >= 0.3 is 0 Å². The standard InChI is InChI=1S/C11H7Cl2IN2O2S/c12-10-6-5-9(11(13)15-10)19(17,18)16-8-3-1-7(14)2-4-8/h1-6,16H. The van der Waals surface area contributed by atoms with Crippen LogP contribution < -0.4 is 4.72 Å². The van der Waals surface area contributed by atoms with Crippen molar-refractivity contribution in [1.29, 1.82) is 0 Å². The summed E-state index contributed by atoms with van der Waals surface area (Å²) in [6.45, 7) is 0. The summed E-state index contributed by atoms with van der Waals surface area (Å²) < 4.78 is 27.7. The molecule has 2 rings (SSSR count). The first-order valence-corrected chi connectivity index (χ1v) is 8.31. The van der Waals surface area contributed by atoms with Gasteiger partial charge < -0.3 is 0 Å². The molecule has 0 unspecified atom stereocenters. The number of rotatable bonds is 3. The van der Waals surface area contributed by atoms with Crippen molar-refractivity contribution < 1.29 is 8.42 Å². The molecule has 0 saturated heterocycles. The summed E-state index contributed by atoms with van der Waals surface area (Å²) in [7, 11) is -3.78. The van der Waals surface area contributed by atoms with Crippen LogP contribution in [0, 0.1) is 3.57 Å². The molecule has 1 aromatic carbocycles. The predicted octanol–water partition coefficient (Wildman–Crippen LogP) is 3.79. The lowest BCUT2D eigenvalue weighted by molar-refractivity contribution is 0.601. The summed E-state index contributed by atoms with van der Waals surface area (Å²) in [5.41, 5.74) is 0.450. The fourth-order valence-corrected chi connectivity index (χ4v) is 3.41. The van der Waals surface area contributed by atoms with E-state index >= 15 is 0 Å². The van der Waals surface area contributed by atoms with Crippen LogP contribution in [0.3, 0.4) is 0 Å². The molecule has 100 valence electrons. The van der Waals surface area contributed by atoms with Crippen LogP contribution in [-0.4, -0.2) is 13.4 Å². The maximum Gasteiger partial charge on any atom is 0.264 e. The first-order chi connectivity index (χ1) is 8.88. The third kappa shape index (κ3) is 3.71. The Hall–Kier alpha value is -0.570. The molecule has 2 aromatic rings. The topological polar surface area (TPSA) is 59.1 Å². The summed E-state index contributed by atoms with van der Waals surface area (Å²) in [5, 5.41) is -0.0243. The minimum Gasteiger partial charge on any atom is -0.280 e. The Morgan fingerprint density at radius 1 is 1.05 bits per heavy atom. The zero-order valence-electron chi connectivity index (χ0n) is 9.27. The van der Waals surface area contributed by atoms with Crippen LogP contribution >= 0.6 is 45.8 Å². The number of benzene rings is 1. The lowest BCUT2D eigenvalue weighted by Gasteiger charge is -2.09. The molecule has 0 aliphatic carbocycles. The second-order valence-electron chi connectivity index (χ2n) is 3.54. The highest BCUT2D eigenvalue weighted by Gasteiger charge is 2.19. The Morgan fingerprint density at radius 3 is 2.26 bits per heavy atom. The fraction of sp³-hybridized carbons (Fsp3) is 0. The maximum atomic E-state index is 12.1. The molecule has 0 fully saturated rings. The molecule has 4 nitrogen and oxygen atoms in total. The number of hydrogen-bond acceptors (Lipinski definition) is 3. The van der Waals surface area contributed by atoms with Gasteiger partial charge in [0.15, 0.2) is 5.15 Å². The maximum absolute atomic E-state index is 12.1. The molecule has 0 bridgehead atoms. The van der Waals surface area contributed by atoms with E-state index in [4.69, 9.17) is 23.2 Å². The van der Waals surface area contributed by atoms with E-state index < -0.39 is 10.0 Å². The van der Waals surface area contributed by atoms with Crippen LogP contribution in [0.5, 0.6) is 0 Å². The van der Waals surface area contributed by atoms with Crippen LogP contribution in [0.15, 0.2) is 41.3 Å². The molecule has 0 saturated carbocycles. The molecule has 1 N–H and O–H groups in total. The highest BCUT2D eigenvalue weighted by atomic mass is 127. The number of halogens is 3. The molecule has 0 amide bonds. The van der Waals surface area contributed by atoms with Crippen molar-refractivity contribution in [2.24, 2.45) is 0 Å². The van der Waals surface area contributed by atoms with Gasteiger partial charge in [-0.1, -0.05) is 23.2 Å². The van der Waals surface area contributed by atoms with Gasteiger partial charge in [0.1, 0.15) is 10.0 Å². The quantitative estimate of drug-likeness (QED) is 0.597. The summed E-state index contributed by atoms with van der Waals surface area (Å²) in [6, 6.07) is 9.59. The lowest BCUT2D eigenvalue weighted by Crippen LogP contribution is -2.13. The summed E-state index contributed by atoms with van der Waals surface area (Å²) >= 11 is 13.6. The van der Waals surface area contributed by atoms with E-state index in [9.17, 15) is 8.42 Å². The van der Waals surface area contributed by atoms with Gasteiger partial charge in [0.05, 0.1) is 0 Å². The Kier molecular flexibility index (Phi) is 4.54. The van der Waals surface area contributed by atoms with Crippen molar-refractivity contribution in [2.75, 3.05) is 4.72 Å². The van der Waals surface area contributed by atoms with E-state index in [0.29, 0.717) is 5.69 Å². The average molecular weight is 429 g/mol. The minimum absolute atomic E-state index is 0.114. The second kappa shape index (κ2) is 5.82. The van der Waals surface area contributed by atoms with Crippen LogP contribution in [0.2, 0.25) is 10.3 Å². The molecule has 1 heterocycles. The molecule has 1 aromatic heterocycles. The number of aromatic nitrogens is 1. The summed E-state index contributed by atoms with van der Waals surface area (Å²) in [5.74, 6) is 0. The van der Waals surface area contributed by atoms with Gasteiger partial charge in [-0.15, -0.1) is 0 Å². The predicted molar refractivity (Wildman–Crippen MR) is 84.2 cm³/mol. The highest BCUT2D eigenvalue weighted by Crippen LogP contribution is 2.24. The van der Waals surface area contributed by atoms with Gasteiger partial charge in [0.25, 0.3) is 10.0 Å². The van der Waals surface area contributed by atoms with Crippen LogP contribution in [0.25, 0.3) is 0 Å². The van der Waals surface area contributed by atoms with E-state index in [0.717, 1.165) is 3.57 Å². The second-order valence-corrected chi connectivity index (χ2v) is 7.18. The van der Waals surface area contributed by atoms with Crippen molar-refractivity contribution in [3.63, 3.8) is 0 Å². The van der Waals surface area contributed by atoms with Crippen LogP contribution in [0.4, 0.5) is 5.69 Å². The Balaban J connectivity index is 2.35. The van der Waals surface area contributed by atoms with Gasteiger partial charge in [-0.3, -0.25) is 4.72 Å². The third-order valence-corrected chi connectivity index (χ3v) is 4.91. The number of nitrogens with one attached hydrogen (secondary N) is 1. The SMILES string of the molecule is O=S(=O)(Nc1ccc(I)cc1)c1ccc(Cl)nc1Cl. The van der Waals surface area contributed by atoms with Crippen molar-refractivity contribution in [1.82, 2.24) is 4.98 Å². The largest absolute Gasteiger partial charge is 0.280 e.